The van der Waals surface area contributed by atoms with Crippen molar-refractivity contribution in [2.75, 3.05) is 12.8 Å². The number of sulfonamides is 1. The highest BCUT2D eigenvalue weighted by atomic mass is 32.2. The van der Waals surface area contributed by atoms with E-state index in [0.29, 0.717) is 23.9 Å². The fourth-order valence-electron chi connectivity index (χ4n) is 2.67. The lowest BCUT2D eigenvalue weighted by Gasteiger charge is -2.34. The van der Waals surface area contributed by atoms with E-state index in [1.807, 2.05) is 18.2 Å². The van der Waals surface area contributed by atoms with Crippen LogP contribution in [0.25, 0.3) is 10.8 Å². The highest BCUT2D eigenvalue weighted by Crippen LogP contribution is 2.29. The fourth-order valence-corrected chi connectivity index (χ4v) is 4.14. The molecule has 5 nitrogen and oxygen atoms in total. The Balaban J connectivity index is 1.94. The zero-order valence-corrected chi connectivity index (χ0v) is 12.6. The molecule has 1 aliphatic rings. The molecule has 1 aliphatic carbocycles. The first-order valence-electron chi connectivity index (χ1n) is 6.83. The number of benzene rings is 2. The van der Waals surface area contributed by atoms with Crippen LogP contribution in [0.4, 0.5) is 5.69 Å². The number of rotatable bonds is 4. The number of hydrogen-bond donors (Lipinski definition) is 2. The highest BCUT2D eigenvalue weighted by Gasteiger charge is 2.33. The number of nitrogens with two attached hydrogens (primary N) is 1. The fraction of sp³-hybridized carbons (Fsp3) is 0.333. The molecular weight excluding hydrogens is 288 g/mol. The molecule has 21 heavy (non-hydrogen) atoms. The van der Waals surface area contributed by atoms with E-state index >= 15 is 0 Å². The minimum atomic E-state index is -3.56. The summed E-state index contributed by atoms with van der Waals surface area (Å²) >= 11 is 0. The van der Waals surface area contributed by atoms with Crippen molar-refractivity contribution in [1.29, 1.82) is 0 Å². The van der Waals surface area contributed by atoms with Gasteiger partial charge >= 0.3 is 0 Å². The first kappa shape index (κ1) is 14.3. The van der Waals surface area contributed by atoms with Crippen molar-refractivity contribution in [3.05, 3.63) is 36.4 Å². The minimum absolute atomic E-state index is 0.0590. The summed E-state index contributed by atoms with van der Waals surface area (Å²) in [6.45, 7) is 0. The van der Waals surface area contributed by atoms with Gasteiger partial charge in [0, 0.05) is 29.6 Å². The van der Waals surface area contributed by atoms with Gasteiger partial charge < -0.3 is 10.5 Å². The number of hydrogen-bond acceptors (Lipinski definition) is 4. The molecule has 0 radical (unpaired) electrons. The van der Waals surface area contributed by atoms with Gasteiger partial charge in [-0.05, 0) is 25.0 Å². The lowest BCUT2D eigenvalue weighted by molar-refractivity contribution is 0.0236. The van der Waals surface area contributed by atoms with Gasteiger partial charge in [-0.25, -0.2) is 13.1 Å². The summed E-state index contributed by atoms with van der Waals surface area (Å²) in [4.78, 5) is 0.271. The van der Waals surface area contributed by atoms with Gasteiger partial charge in [0.1, 0.15) is 0 Å². The van der Waals surface area contributed by atoms with Crippen LogP contribution in [0.2, 0.25) is 0 Å². The summed E-state index contributed by atoms with van der Waals surface area (Å²) in [6, 6.07) is 10.4. The van der Waals surface area contributed by atoms with Crippen LogP contribution in [0.3, 0.4) is 0 Å². The van der Waals surface area contributed by atoms with Crippen molar-refractivity contribution in [2.45, 2.75) is 29.9 Å². The molecule has 0 spiro atoms. The molecule has 1 fully saturated rings. The van der Waals surface area contributed by atoms with E-state index in [1.54, 1.807) is 25.3 Å². The Bertz CT molecular complexity index is 768. The predicted octanol–water partition coefficient (Wildman–Crippen LogP) is 1.88. The van der Waals surface area contributed by atoms with Crippen LogP contribution in [0.15, 0.2) is 41.3 Å². The van der Waals surface area contributed by atoms with E-state index < -0.39 is 10.0 Å². The molecule has 2 aromatic carbocycles. The number of nitrogens with one attached hydrogen (secondary N) is 1. The van der Waals surface area contributed by atoms with Crippen LogP contribution < -0.4 is 10.5 Å². The highest BCUT2D eigenvalue weighted by molar-refractivity contribution is 7.89. The maximum Gasteiger partial charge on any atom is 0.241 e. The predicted molar refractivity (Wildman–Crippen MR) is 82.5 cm³/mol. The van der Waals surface area contributed by atoms with E-state index in [0.717, 1.165) is 5.39 Å². The van der Waals surface area contributed by atoms with E-state index in [4.69, 9.17) is 10.5 Å². The van der Waals surface area contributed by atoms with E-state index in [1.165, 1.54) is 0 Å². The molecule has 0 bridgehead atoms. The molecule has 0 aromatic heterocycles. The molecular formula is C15H18N2O3S. The Hall–Kier alpha value is -1.63. The van der Waals surface area contributed by atoms with Gasteiger partial charge in [0.15, 0.2) is 0 Å². The lowest BCUT2D eigenvalue weighted by atomic mass is 9.90. The summed E-state index contributed by atoms with van der Waals surface area (Å²) in [5.74, 6) is 0. The zero-order valence-electron chi connectivity index (χ0n) is 11.7. The quantitative estimate of drug-likeness (QED) is 0.845. The van der Waals surface area contributed by atoms with Gasteiger partial charge in [0.05, 0.1) is 11.0 Å². The summed E-state index contributed by atoms with van der Waals surface area (Å²) in [5, 5.41) is 1.40. The smallest absolute Gasteiger partial charge is 0.241 e. The number of nitrogen functional groups attached to an aromatic ring is 1. The molecule has 0 saturated heterocycles. The number of anilines is 1. The molecule has 112 valence electrons. The number of ether oxygens (including phenoxy) is 1. The van der Waals surface area contributed by atoms with Crippen molar-refractivity contribution >= 4 is 26.5 Å². The third-order valence-electron chi connectivity index (χ3n) is 3.96. The molecule has 0 heterocycles. The summed E-state index contributed by atoms with van der Waals surface area (Å²) in [5.41, 5.74) is 6.49. The maximum atomic E-state index is 12.6. The molecule has 2 aromatic rings. The molecule has 0 amide bonds. The topological polar surface area (TPSA) is 81.4 Å². The Labute approximate surface area is 124 Å². The number of methoxy groups -OCH3 is 1. The van der Waals surface area contributed by atoms with Crippen molar-refractivity contribution in [1.82, 2.24) is 4.72 Å². The zero-order chi connectivity index (χ0) is 15.0. The summed E-state index contributed by atoms with van der Waals surface area (Å²) in [6.07, 6.45) is 1.58. The van der Waals surface area contributed by atoms with E-state index in [2.05, 4.69) is 4.72 Å². The van der Waals surface area contributed by atoms with E-state index in [-0.39, 0.29) is 17.0 Å². The Morgan fingerprint density at radius 3 is 2.48 bits per heavy atom. The van der Waals surface area contributed by atoms with Crippen LogP contribution in [0.5, 0.6) is 0 Å². The van der Waals surface area contributed by atoms with Gasteiger partial charge in [-0.2, -0.15) is 0 Å². The Kier molecular flexibility index (Phi) is 3.61. The first-order valence-corrected chi connectivity index (χ1v) is 8.32. The average molecular weight is 306 g/mol. The van der Waals surface area contributed by atoms with Crippen LogP contribution in [0, 0.1) is 0 Å². The summed E-state index contributed by atoms with van der Waals surface area (Å²) < 4.78 is 33.0. The van der Waals surface area contributed by atoms with Gasteiger partial charge in [-0.15, -0.1) is 0 Å². The molecule has 0 atom stereocenters. The second kappa shape index (κ2) is 5.29. The normalized spacial score (nSPS) is 22.1. The van der Waals surface area contributed by atoms with Gasteiger partial charge in [-0.3, -0.25) is 0 Å². The van der Waals surface area contributed by atoms with Gasteiger partial charge in [0.2, 0.25) is 10.0 Å². The average Bonchev–Trinajstić information content (AvgIpc) is 2.43. The third-order valence-corrected chi connectivity index (χ3v) is 5.54. The van der Waals surface area contributed by atoms with Gasteiger partial charge in [0.25, 0.3) is 0 Å². The molecule has 0 aliphatic heterocycles. The van der Waals surface area contributed by atoms with Crippen LogP contribution >= 0.6 is 0 Å². The number of fused-ring (bicyclic) bond motifs is 1. The molecule has 1 saturated carbocycles. The van der Waals surface area contributed by atoms with Crippen LogP contribution in [0.1, 0.15) is 12.8 Å². The van der Waals surface area contributed by atoms with Crippen molar-refractivity contribution in [2.24, 2.45) is 0 Å². The Morgan fingerprint density at radius 1 is 1.14 bits per heavy atom. The SMILES string of the molecule is COC1CC(NS(=O)(=O)c2ccc(N)c3ccccc23)C1. The lowest BCUT2D eigenvalue weighted by Crippen LogP contribution is -2.47. The summed E-state index contributed by atoms with van der Waals surface area (Å²) in [7, 11) is -1.91. The molecule has 0 unspecified atom stereocenters. The molecule has 3 rings (SSSR count). The van der Waals surface area contributed by atoms with Crippen molar-refractivity contribution < 1.29 is 13.2 Å². The van der Waals surface area contributed by atoms with Crippen LogP contribution in [-0.2, 0) is 14.8 Å². The van der Waals surface area contributed by atoms with Crippen molar-refractivity contribution in [3.63, 3.8) is 0 Å². The minimum Gasteiger partial charge on any atom is -0.398 e. The van der Waals surface area contributed by atoms with E-state index in [9.17, 15) is 8.42 Å². The molecule has 6 heteroatoms. The monoisotopic (exact) mass is 306 g/mol. The van der Waals surface area contributed by atoms with Crippen LogP contribution in [-0.4, -0.2) is 27.7 Å². The van der Waals surface area contributed by atoms with Crippen molar-refractivity contribution in [3.8, 4) is 0 Å². The standard InChI is InChI=1S/C15H18N2O3S/c1-20-11-8-10(9-11)17-21(18,19)15-7-6-14(16)12-4-2-3-5-13(12)15/h2-7,10-11,17H,8-9,16H2,1H3. The molecule has 3 N–H and O–H groups in total. The largest absolute Gasteiger partial charge is 0.398 e. The Morgan fingerprint density at radius 2 is 1.81 bits per heavy atom. The maximum absolute atomic E-state index is 12.6. The third kappa shape index (κ3) is 2.62. The second-order valence-corrected chi connectivity index (χ2v) is 7.03. The second-order valence-electron chi connectivity index (χ2n) is 5.35. The van der Waals surface area contributed by atoms with Gasteiger partial charge in [-0.1, -0.05) is 24.3 Å². The first-order chi connectivity index (χ1) is 10.0.